The number of barbiturate groups is 1. The minimum absolute atomic E-state index is 0.176. The SMILES string of the molecule is COc1cc(COc2ccccc2C=C2C(=O)N(c3ccccc3)C(=O)N(c3ccccc3)C2=O)ccc1OCc1ccccc1. The summed E-state index contributed by atoms with van der Waals surface area (Å²) in [7, 11) is 1.58. The Labute approximate surface area is 266 Å². The van der Waals surface area contributed by atoms with Gasteiger partial charge in [0.25, 0.3) is 11.8 Å². The van der Waals surface area contributed by atoms with E-state index >= 15 is 0 Å². The van der Waals surface area contributed by atoms with E-state index in [1.54, 1.807) is 92.0 Å². The molecule has 1 heterocycles. The largest absolute Gasteiger partial charge is 0.493 e. The number of benzene rings is 5. The van der Waals surface area contributed by atoms with Crippen molar-refractivity contribution in [2.75, 3.05) is 16.9 Å². The van der Waals surface area contributed by atoms with Crippen LogP contribution in [0.2, 0.25) is 0 Å². The molecular weight excluding hydrogens is 580 g/mol. The third kappa shape index (κ3) is 6.37. The number of hydrogen-bond donors (Lipinski definition) is 0. The summed E-state index contributed by atoms with van der Waals surface area (Å²) in [4.78, 5) is 43.2. The summed E-state index contributed by atoms with van der Waals surface area (Å²) in [5.41, 5.74) is 2.90. The Morgan fingerprint density at radius 3 is 1.67 bits per heavy atom. The predicted octanol–water partition coefficient (Wildman–Crippen LogP) is 7.44. The molecule has 1 aliphatic heterocycles. The first-order valence-corrected chi connectivity index (χ1v) is 14.6. The van der Waals surface area contributed by atoms with Crippen molar-refractivity contribution in [3.05, 3.63) is 156 Å². The third-order valence-electron chi connectivity index (χ3n) is 7.36. The summed E-state index contributed by atoms with van der Waals surface area (Å²) in [5.74, 6) is 0.180. The number of anilines is 2. The van der Waals surface area contributed by atoms with Crippen molar-refractivity contribution >= 4 is 35.3 Å². The summed E-state index contributed by atoms with van der Waals surface area (Å²) in [5, 5.41) is 0. The molecule has 0 atom stereocenters. The molecule has 8 nitrogen and oxygen atoms in total. The molecule has 0 N–H and O–H groups in total. The van der Waals surface area contributed by atoms with Crippen LogP contribution in [0.25, 0.3) is 6.08 Å². The van der Waals surface area contributed by atoms with Gasteiger partial charge in [0, 0.05) is 5.56 Å². The monoisotopic (exact) mass is 610 g/mol. The minimum atomic E-state index is -0.751. The molecule has 1 fully saturated rings. The summed E-state index contributed by atoms with van der Waals surface area (Å²) < 4.78 is 17.7. The molecule has 0 spiro atoms. The van der Waals surface area contributed by atoms with Gasteiger partial charge in [-0.2, -0.15) is 0 Å². The molecule has 46 heavy (non-hydrogen) atoms. The van der Waals surface area contributed by atoms with Gasteiger partial charge in [0.15, 0.2) is 11.5 Å². The van der Waals surface area contributed by atoms with Crippen molar-refractivity contribution in [1.29, 1.82) is 0 Å². The van der Waals surface area contributed by atoms with Crippen molar-refractivity contribution in [3.8, 4) is 17.2 Å². The van der Waals surface area contributed by atoms with Gasteiger partial charge in [0.05, 0.1) is 18.5 Å². The Morgan fingerprint density at radius 2 is 1.07 bits per heavy atom. The van der Waals surface area contributed by atoms with Gasteiger partial charge in [-0.15, -0.1) is 0 Å². The fraction of sp³-hybridized carbons (Fsp3) is 0.0789. The number of para-hydroxylation sites is 3. The molecule has 0 saturated carbocycles. The van der Waals surface area contributed by atoms with Crippen LogP contribution in [0, 0.1) is 0 Å². The molecule has 4 amide bonds. The average Bonchev–Trinajstić information content (AvgIpc) is 3.10. The fourth-order valence-electron chi connectivity index (χ4n) is 5.04. The number of urea groups is 1. The zero-order valence-electron chi connectivity index (χ0n) is 25.0. The lowest BCUT2D eigenvalue weighted by atomic mass is 10.0. The van der Waals surface area contributed by atoms with Crippen LogP contribution < -0.4 is 24.0 Å². The molecule has 5 aromatic rings. The molecule has 0 aliphatic carbocycles. The average molecular weight is 611 g/mol. The molecular formula is C38H30N2O6. The second-order valence-electron chi connectivity index (χ2n) is 10.4. The van der Waals surface area contributed by atoms with Crippen molar-refractivity contribution in [2.24, 2.45) is 0 Å². The molecule has 1 saturated heterocycles. The number of nitrogens with zero attached hydrogens (tertiary/aromatic N) is 2. The zero-order valence-corrected chi connectivity index (χ0v) is 25.0. The van der Waals surface area contributed by atoms with Crippen LogP contribution in [0.3, 0.4) is 0 Å². The molecule has 0 bridgehead atoms. The van der Waals surface area contributed by atoms with Crippen LogP contribution in [0.15, 0.2) is 139 Å². The van der Waals surface area contributed by atoms with E-state index in [1.165, 1.54) is 6.08 Å². The molecule has 0 radical (unpaired) electrons. The summed E-state index contributed by atoms with van der Waals surface area (Å²) in [6, 6.07) is 38.8. The van der Waals surface area contributed by atoms with E-state index < -0.39 is 17.8 Å². The number of imide groups is 2. The smallest absolute Gasteiger partial charge is 0.343 e. The molecule has 5 aromatic carbocycles. The van der Waals surface area contributed by atoms with Gasteiger partial charge >= 0.3 is 6.03 Å². The Bertz CT molecular complexity index is 1830. The van der Waals surface area contributed by atoms with Crippen molar-refractivity contribution in [2.45, 2.75) is 13.2 Å². The van der Waals surface area contributed by atoms with E-state index in [9.17, 15) is 14.4 Å². The first kappa shape index (κ1) is 29.9. The van der Waals surface area contributed by atoms with Crippen LogP contribution in [0.1, 0.15) is 16.7 Å². The highest BCUT2D eigenvalue weighted by molar-refractivity contribution is 6.46. The lowest BCUT2D eigenvalue weighted by Gasteiger charge is -2.34. The Morgan fingerprint density at radius 1 is 0.543 bits per heavy atom. The maximum Gasteiger partial charge on any atom is 0.343 e. The van der Waals surface area contributed by atoms with Gasteiger partial charge in [0.1, 0.15) is 24.5 Å². The fourth-order valence-corrected chi connectivity index (χ4v) is 5.04. The van der Waals surface area contributed by atoms with Crippen LogP contribution >= 0.6 is 0 Å². The number of amides is 4. The van der Waals surface area contributed by atoms with Gasteiger partial charge in [-0.25, -0.2) is 14.6 Å². The molecule has 0 unspecified atom stereocenters. The number of methoxy groups -OCH3 is 1. The highest BCUT2D eigenvalue weighted by Gasteiger charge is 2.43. The van der Waals surface area contributed by atoms with Gasteiger partial charge in [-0.3, -0.25) is 9.59 Å². The number of rotatable bonds is 10. The normalized spacial score (nSPS) is 13.1. The summed E-state index contributed by atoms with van der Waals surface area (Å²) in [6.07, 6.45) is 1.47. The van der Waals surface area contributed by atoms with Crippen LogP contribution in [0.5, 0.6) is 17.2 Å². The molecule has 228 valence electrons. The highest BCUT2D eigenvalue weighted by atomic mass is 16.5. The third-order valence-corrected chi connectivity index (χ3v) is 7.36. The Hall–Kier alpha value is -6.15. The van der Waals surface area contributed by atoms with Gasteiger partial charge in [-0.1, -0.05) is 91.0 Å². The maximum absolute atomic E-state index is 13.8. The van der Waals surface area contributed by atoms with Crippen molar-refractivity contribution in [3.63, 3.8) is 0 Å². The van der Waals surface area contributed by atoms with Gasteiger partial charge < -0.3 is 14.2 Å². The van der Waals surface area contributed by atoms with Crippen LogP contribution in [-0.2, 0) is 22.8 Å². The van der Waals surface area contributed by atoms with E-state index in [0.717, 1.165) is 20.9 Å². The first-order valence-electron chi connectivity index (χ1n) is 14.6. The van der Waals surface area contributed by atoms with E-state index in [4.69, 9.17) is 14.2 Å². The molecule has 8 heteroatoms. The van der Waals surface area contributed by atoms with E-state index in [0.29, 0.717) is 40.8 Å². The van der Waals surface area contributed by atoms with Gasteiger partial charge in [-0.05, 0) is 59.7 Å². The van der Waals surface area contributed by atoms with Crippen LogP contribution in [-0.4, -0.2) is 25.0 Å². The quantitative estimate of drug-likeness (QED) is 0.121. The second-order valence-corrected chi connectivity index (χ2v) is 10.4. The van der Waals surface area contributed by atoms with Crippen molar-refractivity contribution < 1.29 is 28.6 Å². The molecule has 1 aliphatic rings. The number of ether oxygens (including phenoxy) is 3. The second kappa shape index (κ2) is 13.7. The standard InChI is InChI=1S/C38H30N2O6/c1-44-35-23-28(21-22-34(35)46-25-27-13-5-2-6-14-27)26-45-33-20-12-11-15-29(33)24-32-36(41)39(30-16-7-3-8-17-30)38(43)40(37(32)42)31-18-9-4-10-19-31/h2-24H,25-26H2,1H3. The van der Waals surface area contributed by atoms with E-state index in [-0.39, 0.29) is 12.2 Å². The van der Waals surface area contributed by atoms with Crippen molar-refractivity contribution in [1.82, 2.24) is 0 Å². The molecule has 6 rings (SSSR count). The van der Waals surface area contributed by atoms with Gasteiger partial charge in [0.2, 0.25) is 0 Å². The zero-order chi connectivity index (χ0) is 31.9. The topological polar surface area (TPSA) is 85.4 Å². The summed E-state index contributed by atoms with van der Waals surface area (Å²) >= 11 is 0. The maximum atomic E-state index is 13.8. The Kier molecular flexibility index (Phi) is 8.87. The van der Waals surface area contributed by atoms with E-state index in [1.807, 2.05) is 48.5 Å². The van der Waals surface area contributed by atoms with Crippen LogP contribution in [0.4, 0.5) is 16.2 Å². The van der Waals surface area contributed by atoms with E-state index in [2.05, 4.69) is 0 Å². The highest BCUT2D eigenvalue weighted by Crippen LogP contribution is 2.32. The Balaban J connectivity index is 1.27. The summed E-state index contributed by atoms with van der Waals surface area (Å²) in [6.45, 7) is 0.587. The predicted molar refractivity (Wildman–Crippen MR) is 176 cm³/mol. The lowest BCUT2D eigenvalue weighted by molar-refractivity contribution is -0.121. The minimum Gasteiger partial charge on any atom is -0.493 e. The number of carbonyl (C=O) groups excluding carboxylic acids is 3. The first-order chi connectivity index (χ1) is 22.5. The number of hydrogen-bond acceptors (Lipinski definition) is 6. The molecule has 0 aromatic heterocycles. The lowest BCUT2D eigenvalue weighted by Crippen LogP contribution is -2.57. The number of carbonyl (C=O) groups is 3.